The summed E-state index contributed by atoms with van der Waals surface area (Å²) in [6, 6.07) is 2.27. The van der Waals surface area contributed by atoms with Crippen LogP contribution in [0.2, 0.25) is 0 Å². The summed E-state index contributed by atoms with van der Waals surface area (Å²) in [7, 11) is 2.05. The van der Waals surface area contributed by atoms with E-state index < -0.39 is 0 Å². The summed E-state index contributed by atoms with van der Waals surface area (Å²) in [5, 5.41) is 5.70. The standard InChI is InChI=1S/C15H17N5S/c1-9-17-11-5-8-21-13(11)14(18-9)19-12(10-3-4-10)15-16-6-7-20(15)2/h5-8,10,12H,3-4H2,1-2H3,(H,17,18,19). The average Bonchev–Trinajstić information content (AvgIpc) is 3.04. The number of thiophene rings is 1. The van der Waals surface area contributed by atoms with Crippen molar-refractivity contribution in [3.8, 4) is 0 Å². The van der Waals surface area contributed by atoms with Crippen LogP contribution in [-0.4, -0.2) is 19.5 Å². The molecule has 1 aliphatic rings. The van der Waals surface area contributed by atoms with Crippen LogP contribution < -0.4 is 5.32 Å². The number of hydrogen-bond donors (Lipinski definition) is 1. The zero-order valence-corrected chi connectivity index (χ0v) is 12.9. The number of rotatable bonds is 4. The summed E-state index contributed by atoms with van der Waals surface area (Å²) in [5.41, 5.74) is 1.02. The number of hydrogen-bond acceptors (Lipinski definition) is 5. The van der Waals surface area contributed by atoms with Crippen molar-refractivity contribution in [2.45, 2.75) is 25.8 Å². The lowest BCUT2D eigenvalue weighted by atomic mass is 10.1. The van der Waals surface area contributed by atoms with E-state index in [9.17, 15) is 0 Å². The van der Waals surface area contributed by atoms with Crippen molar-refractivity contribution in [3.05, 3.63) is 35.5 Å². The summed E-state index contributed by atoms with van der Waals surface area (Å²) in [6.07, 6.45) is 6.36. The minimum Gasteiger partial charge on any atom is -0.359 e. The molecule has 1 unspecified atom stereocenters. The van der Waals surface area contributed by atoms with Gasteiger partial charge in [-0.15, -0.1) is 11.3 Å². The molecule has 21 heavy (non-hydrogen) atoms. The predicted octanol–water partition coefficient (Wildman–Crippen LogP) is 3.30. The first-order valence-corrected chi connectivity index (χ1v) is 8.06. The minimum absolute atomic E-state index is 0.226. The minimum atomic E-state index is 0.226. The van der Waals surface area contributed by atoms with Gasteiger partial charge in [-0.05, 0) is 37.1 Å². The molecule has 108 valence electrons. The predicted molar refractivity (Wildman–Crippen MR) is 84.4 cm³/mol. The lowest BCUT2D eigenvalue weighted by molar-refractivity contribution is 0.605. The maximum absolute atomic E-state index is 4.61. The number of imidazole rings is 1. The first-order valence-electron chi connectivity index (χ1n) is 7.18. The Hall–Kier alpha value is -1.95. The monoisotopic (exact) mass is 299 g/mol. The molecule has 0 spiro atoms. The quantitative estimate of drug-likeness (QED) is 0.803. The van der Waals surface area contributed by atoms with Crippen molar-refractivity contribution in [1.82, 2.24) is 19.5 Å². The number of nitrogens with one attached hydrogen (secondary N) is 1. The molecule has 1 N–H and O–H groups in total. The molecule has 0 radical (unpaired) electrons. The second kappa shape index (κ2) is 4.80. The Morgan fingerprint density at radius 3 is 2.95 bits per heavy atom. The van der Waals surface area contributed by atoms with Crippen molar-refractivity contribution in [1.29, 1.82) is 0 Å². The van der Waals surface area contributed by atoms with Crippen molar-refractivity contribution in [2.75, 3.05) is 5.32 Å². The molecule has 3 heterocycles. The average molecular weight is 299 g/mol. The normalized spacial score (nSPS) is 16.3. The fraction of sp³-hybridized carbons (Fsp3) is 0.400. The molecule has 0 saturated heterocycles. The zero-order chi connectivity index (χ0) is 14.4. The van der Waals surface area contributed by atoms with Crippen LogP contribution in [0.4, 0.5) is 5.82 Å². The lowest BCUT2D eigenvalue weighted by Gasteiger charge is -2.19. The second-order valence-electron chi connectivity index (χ2n) is 5.61. The van der Waals surface area contributed by atoms with E-state index in [2.05, 4.69) is 30.2 Å². The SMILES string of the molecule is Cc1nc(NC(c2nccn2C)C2CC2)c2sccc2n1. The third kappa shape index (κ3) is 2.29. The highest BCUT2D eigenvalue weighted by Gasteiger charge is 2.35. The van der Waals surface area contributed by atoms with Crippen LogP contribution in [0.1, 0.15) is 30.5 Å². The molecule has 3 aromatic heterocycles. The van der Waals surface area contributed by atoms with E-state index in [4.69, 9.17) is 0 Å². The van der Waals surface area contributed by atoms with Gasteiger partial charge in [-0.25, -0.2) is 15.0 Å². The van der Waals surface area contributed by atoms with Gasteiger partial charge in [0.25, 0.3) is 0 Å². The number of nitrogens with zero attached hydrogens (tertiary/aromatic N) is 4. The molecule has 1 atom stereocenters. The smallest absolute Gasteiger partial charge is 0.148 e. The third-order valence-electron chi connectivity index (χ3n) is 3.94. The number of aryl methyl sites for hydroxylation is 2. The summed E-state index contributed by atoms with van der Waals surface area (Å²) in [6.45, 7) is 1.94. The van der Waals surface area contributed by atoms with Crippen LogP contribution in [0, 0.1) is 12.8 Å². The van der Waals surface area contributed by atoms with Crippen molar-refractivity contribution in [3.63, 3.8) is 0 Å². The molecule has 0 aromatic carbocycles. The van der Waals surface area contributed by atoms with Gasteiger partial charge in [0.05, 0.1) is 16.3 Å². The van der Waals surface area contributed by atoms with E-state index in [1.165, 1.54) is 12.8 Å². The summed E-state index contributed by atoms with van der Waals surface area (Å²) in [4.78, 5) is 13.6. The summed E-state index contributed by atoms with van der Waals surface area (Å²) < 4.78 is 3.22. The van der Waals surface area contributed by atoms with Crippen molar-refractivity contribution < 1.29 is 0 Å². The Kier molecular flexibility index (Phi) is 2.92. The first kappa shape index (κ1) is 12.8. The maximum atomic E-state index is 4.61. The zero-order valence-electron chi connectivity index (χ0n) is 12.1. The molecule has 4 rings (SSSR count). The van der Waals surface area contributed by atoms with E-state index in [0.717, 1.165) is 27.7 Å². The van der Waals surface area contributed by atoms with Gasteiger partial charge in [0.2, 0.25) is 0 Å². The van der Waals surface area contributed by atoms with Gasteiger partial charge in [-0.2, -0.15) is 0 Å². The van der Waals surface area contributed by atoms with Crippen LogP contribution in [0.15, 0.2) is 23.8 Å². The molecule has 0 bridgehead atoms. The van der Waals surface area contributed by atoms with Crippen molar-refractivity contribution in [2.24, 2.45) is 13.0 Å². The fourth-order valence-electron chi connectivity index (χ4n) is 2.72. The Morgan fingerprint density at radius 2 is 2.24 bits per heavy atom. The first-order chi connectivity index (χ1) is 10.2. The van der Waals surface area contributed by atoms with E-state index in [-0.39, 0.29) is 6.04 Å². The van der Waals surface area contributed by atoms with Gasteiger partial charge < -0.3 is 9.88 Å². The number of fused-ring (bicyclic) bond motifs is 1. The Labute approximate surface area is 127 Å². The van der Waals surface area contributed by atoms with E-state index in [1.54, 1.807) is 11.3 Å². The van der Waals surface area contributed by atoms with Crippen LogP contribution in [0.5, 0.6) is 0 Å². The highest BCUT2D eigenvalue weighted by molar-refractivity contribution is 7.17. The topological polar surface area (TPSA) is 55.6 Å². The summed E-state index contributed by atoms with van der Waals surface area (Å²) >= 11 is 1.68. The summed E-state index contributed by atoms with van der Waals surface area (Å²) in [5.74, 6) is 3.47. The van der Waals surface area contributed by atoms with Gasteiger partial charge in [-0.1, -0.05) is 0 Å². The molecule has 0 amide bonds. The largest absolute Gasteiger partial charge is 0.359 e. The highest BCUT2D eigenvalue weighted by Crippen LogP contribution is 2.43. The van der Waals surface area contributed by atoms with E-state index in [1.807, 2.05) is 32.4 Å². The van der Waals surface area contributed by atoms with Crippen LogP contribution in [0.3, 0.4) is 0 Å². The van der Waals surface area contributed by atoms with E-state index in [0.29, 0.717) is 5.92 Å². The molecule has 1 fully saturated rings. The van der Waals surface area contributed by atoms with Crippen LogP contribution in [0.25, 0.3) is 10.2 Å². The molecule has 1 saturated carbocycles. The Bertz CT molecular complexity index is 786. The van der Waals surface area contributed by atoms with Crippen molar-refractivity contribution >= 4 is 27.4 Å². The fourth-order valence-corrected chi connectivity index (χ4v) is 3.51. The van der Waals surface area contributed by atoms with Gasteiger partial charge in [0.1, 0.15) is 17.5 Å². The van der Waals surface area contributed by atoms with Gasteiger partial charge in [0.15, 0.2) is 0 Å². The van der Waals surface area contributed by atoms with Crippen LogP contribution >= 0.6 is 11.3 Å². The lowest BCUT2D eigenvalue weighted by Crippen LogP contribution is -2.18. The molecular formula is C15H17N5S. The number of aromatic nitrogens is 4. The maximum Gasteiger partial charge on any atom is 0.148 e. The molecule has 3 aromatic rings. The number of anilines is 1. The van der Waals surface area contributed by atoms with E-state index >= 15 is 0 Å². The molecular weight excluding hydrogens is 282 g/mol. The van der Waals surface area contributed by atoms with Gasteiger partial charge >= 0.3 is 0 Å². The van der Waals surface area contributed by atoms with Gasteiger partial charge in [0, 0.05) is 19.4 Å². The molecule has 6 heteroatoms. The molecule has 0 aliphatic heterocycles. The van der Waals surface area contributed by atoms with Gasteiger partial charge in [-0.3, -0.25) is 0 Å². The Balaban J connectivity index is 1.75. The van der Waals surface area contributed by atoms with Crippen LogP contribution in [-0.2, 0) is 7.05 Å². The molecule has 1 aliphatic carbocycles. The second-order valence-corrected chi connectivity index (χ2v) is 6.53. The Morgan fingerprint density at radius 1 is 1.38 bits per heavy atom. The highest BCUT2D eigenvalue weighted by atomic mass is 32.1. The third-order valence-corrected chi connectivity index (χ3v) is 4.85. The molecule has 5 nitrogen and oxygen atoms in total.